The van der Waals surface area contributed by atoms with Gasteiger partial charge in [-0.15, -0.1) is 0 Å². The van der Waals surface area contributed by atoms with Crippen LogP contribution in [0.25, 0.3) is 0 Å². The highest BCUT2D eigenvalue weighted by molar-refractivity contribution is 6.24. The van der Waals surface area contributed by atoms with E-state index in [-0.39, 0.29) is 5.91 Å². The molecule has 1 N–H and O–H groups in total. The van der Waals surface area contributed by atoms with E-state index < -0.39 is 35.3 Å². The summed E-state index contributed by atoms with van der Waals surface area (Å²) in [7, 11) is 5.21. The highest BCUT2D eigenvalue weighted by Gasteiger charge is 2.69. The quantitative estimate of drug-likeness (QED) is 0.457. The molecule has 2 aliphatic heterocycles. The van der Waals surface area contributed by atoms with Crippen LogP contribution in [0.4, 0.5) is 11.4 Å². The maximum Gasteiger partial charge on any atom is 0.331 e. The highest BCUT2D eigenvalue weighted by atomic mass is 16.5. The average molecular weight is 470 g/mol. The maximum absolute atomic E-state index is 14.0. The third-order valence-corrected chi connectivity index (χ3v) is 7.08. The number of para-hydroxylation sites is 1. The number of rotatable bonds is 5. The summed E-state index contributed by atoms with van der Waals surface area (Å²) >= 11 is 0. The van der Waals surface area contributed by atoms with Crippen LogP contribution in [0.5, 0.6) is 0 Å². The maximum atomic E-state index is 14.0. The Morgan fingerprint density at radius 2 is 1.49 bits per heavy atom. The first-order chi connectivity index (χ1) is 16.9. The van der Waals surface area contributed by atoms with Crippen LogP contribution in [0.3, 0.4) is 0 Å². The van der Waals surface area contributed by atoms with E-state index in [1.165, 1.54) is 12.0 Å². The third kappa shape index (κ3) is 3.42. The summed E-state index contributed by atoms with van der Waals surface area (Å²) in [6, 6.07) is 25.1. The van der Waals surface area contributed by atoms with Crippen molar-refractivity contribution >= 4 is 29.2 Å². The van der Waals surface area contributed by atoms with Gasteiger partial charge in [-0.3, -0.25) is 14.9 Å². The molecule has 0 bridgehead atoms. The summed E-state index contributed by atoms with van der Waals surface area (Å²) in [5.74, 6) is -3.10. The van der Waals surface area contributed by atoms with Crippen molar-refractivity contribution in [3.63, 3.8) is 0 Å². The van der Waals surface area contributed by atoms with Crippen LogP contribution in [-0.4, -0.2) is 39.0 Å². The van der Waals surface area contributed by atoms with Crippen molar-refractivity contribution in [2.75, 3.05) is 31.0 Å². The number of nitrogens with one attached hydrogen (secondary N) is 1. The number of esters is 1. The number of nitrogens with zero attached hydrogens (tertiary/aromatic N) is 2. The van der Waals surface area contributed by atoms with E-state index in [9.17, 15) is 14.4 Å². The number of imide groups is 1. The number of fused-ring (bicyclic) bond motifs is 1. The van der Waals surface area contributed by atoms with Gasteiger partial charge >= 0.3 is 5.97 Å². The molecule has 3 aromatic carbocycles. The van der Waals surface area contributed by atoms with E-state index in [1.54, 1.807) is 36.4 Å². The first-order valence-electron chi connectivity index (χ1n) is 11.5. The number of anilines is 2. The van der Waals surface area contributed by atoms with Crippen molar-refractivity contribution in [2.24, 2.45) is 11.8 Å². The van der Waals surface area contributed by atoms with Gasteiger partial charge in [-0.05, 0) is 35.4 Å². The molecule has 0 aromatic heterocycles. The molecule has 35 heavy (non-hydrogen) atoms. The summed E-state index contributed by atoms with van der Waals surface area (Å²) in [6.07, 6.45) is 0. The number of carbonyl (C=O) groups is 3. The van der Waals surface area contributed by atoms with Gasteiger partial charge < -0.3 is 9.64 Å². The number of carbonyl (C=O) groups excluding carboxylic acids is 3. The molecule has 0 spiro atoms. The zero-order chi connectivity index (χ0) is 24.7. The molecule has 2 saturated heterocycles. The van der Waals surface area contributed by atoms with Gasteiger partial charge in [0.15, 0.2) is 5.54 Å². The van der Waals surface area contributed by atoms with Crippen molar-refractivity contribution in [1.82, 2.24) is 5.32 Å². The van der Waals surface area contributed by atoms with E-state index in [0.29, 0.717) is 11.3 Å². The van der Waals surface area contributed by atoms with E-state index >= 15 is 0 Å². The molecule has 0 aliphatic carbocycles. The van der Waals surface area contributed by atoms with Crippen molar-refractivity contribution in [3.8, 4) is 0 Å². The predicted octanol–water partition coefficient (Wildman–Crippen LogP) is 3.27. The lowest BCUT2D eigenvalue weighted by Gasteiger charge is -2.33. The Hall–Kier alpha value is -3.97. The minimum atomic E-state index is -1.51. The zero-order valence-electron chi connectivity index (χ0n) is 19.8. The topological polar surface area (TPSA) is 79.0 Å². The van der Waals surface area contributed by atoms with Gasteiger partial charge in [-0.1, -0.05) is 60.7 Å². The number of hydrogen-bond donors (Lipinski definition) is 1. The van der Waals surface area contributed by atoms with Crippen LogP contribution in [0.1, 0.15) is 17.2 Å². The Labute approximate surface area is 204 Å². The molecule has 3 aromatic rings. The standard InChI is InChI=1S/C28H27N3O4/c1-30(2)20-16-14-18(15-17-20)24-22-23(26(33)31(25(22)32)21-12-8-5-9-13-21)28(29-24,27(34)35-3)19-10-6-4-7-11-19/h4-17,22-24,29H,1-3H3/t22-,23-,24-,28-/m1/s1. The molecule has 178 valence electrons. The van der Waals surface area contributed by atoms with Gasteiger partial charge in [0.25, 0.3) is 0 Å². The van der Waals surface area contributed by atoms with Crippen molar-refractivity contribution in [3.05, 3.63) is 96.1 Å². The Bertz CT molecular complexity index is 1260. The third-order valence-electron chi connectivity index (χ3n) is 7.08. The molecular weight excluding hydrogens is 442 g/mol. The lowest BCUT2D eigenvalue weighted by molar-refractivity contribution is -0.152. The van der Waals surface area contributed by atoms with Gasteiger partial charge in [0.2, 0.25) is 11.8 Å². The lowest BCUT2D eigenvalue weighted by atomic mass is 9.75. The summed E-state index contributed by atoms with van der Waals surface area (Å²) in [5, 5.41) is 3.41. The summed E-state index contributed by atoms with van der Waals surface area (Å²) < 4.78 is 5.27. The molecule has 0 radical (unpaired) electrons. The predicted molar refractivity (Wildman–Crippen MR) is 133 cm³/mol. The second-order valence-corrected chi connectivity index (χ2v) is 9.12. The van der Waals surface area contributed by atoms with Gasteiger partial charge in [-0.25, -0.2) is 9.69 Å². The van der Waals surface area contributed by atoms with Gasteiger partial charge in [0.05, 0.1) is 24.6 Å². The molecule has 2 amide bonds. The fourth-order valence-corrected chi connectivity index (χ4v) is 5.44. The molecule has 2 heterocycles. The van der Waals surface area contributed by atoms with Gasteiger partial charge in [0, 0.05) is 25.8 Å². The zero-order valence-corrected chi connectivity index (χ0v) is 19.8. The highest BCUT2D eigenvalue weighted by Crippen LogP contribution is 2.54. The second-order valence-electron chi connectivity index (χ2n) is 9.12. The number of ether oxygens (including phenoxy) is 1. The van der Waals surface area contributed by atoms with Gasteiger partial charge in [-0.2, -0.15) is 0 Å². The normalized spacial score (nSPS) is 25.5. The molecule has 7 heteroatoms. The second kappa shape index (κ2) is 8.67. The van der Waals surface area contributed by atoms with Crippen LogP contribution in [0.15, 0.2) is 84.9 Å². The monoisotopic (exact) mass is 469 g/mol. The Morgan fingerprint density at radius 3 is 2.06 bits per heavy atom. The molecule has 7 nitrogen and oxygen atoms in total. The molecule has 2 fully saturated rings. The summed E-state index contributed by atoms with van der Waals surface area (Å²) in [6.45, 7) is 0. The van der Waals surface area contributed by atoms with E-state index in [1.807, 2.05) is 67.5 Å². The number of amides is 2. The van der Waals surface area contributed by atoms with E-state index in [4.69, 9.17) is 4.74 Å². The SMILES string of the molecule is COC(=O)[C@]1(c2ccccc2)N[C@H](c2ccc(N(C)C)cc2)[C@@H]2C(=O)N(c3ccccc3)C(=O)[C@@H]21. The number of methoxy groups -OCH3 is 1. The van der Waals surface area contributed by atoms with E-state index in [0.717, 1.165) is 11.3 Å². The molecular formula is C28H27N3O4. The smallest absolute Gasteiger partial charge is 0.331 e. The fourth-order valence-electron chi connectivity index (χ4n) is 5.44. The van der Waals surface area contributed by atoms with Crippen molar-refractivity contribution in [1.29, 1.82) is 0 Å². The molecule has 5 rings (SSSR count). The van der Waals surface area contributed by atoms with E-state index in [2.05, 4.69) is 5.32 Å². The van der Waals surface area contributed by atoms with Crippen LogP contribution in [-0.2, 0) is 24.7 Å². The number of benzene rings is 3. The van der Waals surface area contributed by atoms with Crippen LogP contribution >= 0.6 is 0 Å². The van der Waals surface area contributed by atoms with Crippen LogP contribution < -0.4 is 15.1 Å². The van der Waals surface area contributed by atoms with Crippen molar-refractivity contribution < 1.29 is 19.1 Å². The molecule has 4 atom stereocenters. The first kappa shape index (κ1) is 22.8. The Kier molecular flexibility index (Phi) is 5.65. The number of hydrogen-bond acceptors (Lipinski definition) is 6. The molecule has 0 saturated carbocycles. The lowest BCUT2D eigenvalue weighted by Crippen LogP contribution is -2.53. The largest absolute Gasteiger partial charge is 0.467 e. The average Bonchev–Trinajstić information content (AvgIpc) is 3.39. The fraction of sp³-hybridized carbons (Fsp3) is 0.250. The molecule has 2 aliphatic rings. The Morgan fingerprint density at radius 1 is 0.886 bits per heavy atom. The van der Waals surface area contributed by atoms with Crippen molar-refractivity contribution in [2.45, 2.75) is 11.6 Å². The minimum absolute atomic E-state index is 0.331. The first-order valence-corrected chi connectivity index (χ1v) is 11.5. The Balaban J connectivity index is 1.70. The van der Waals surface area contributed by atoms with Crippen LogP contribution in [0.2, 0.25) is 0 Å². The molecule has 0 unspecified atom stereocenters. The van der Waals surface area contributed by atoms with Gasteiger partial charge in [0.1, 0.15) is 0 Å². The minimum Gasteiger partial charge on any atom is -0.467 e. The summed E-state index contributed by atoms with van der Waals surface area (Å²) in [4.78, 5) is 44.6. The van der Waals surface area contributed by atoms with Crippen LogP contribution in [0, 0.1) is 11.8 Å². The summed E-state index contributed by atoms with van der Waals surface area (Å²) in [5.41, 5.74) is 1.39.